The summed E-state index contributed by atoms with van der Waals surface area (Å²) < 4.78 is 4.69. The van der Waals surface area contributed by atoms with E-state index in [-0.39, 0.29) is 5.75 Å². The highest BCUT2D eigenvalue weighted by atomic mass is 16.5. The van der Waals surface area contributed by atoms with Crippen LogP contribution in [0.5, 0.6) is 11.5 Å². The van der Waals surface area contributed by atoms with Crippen LogP contribution in [0.15, 0.2) is 17.4 Å². The van der Waals surface area contributed by atoms with Gasteiger partial charge in [-0.05, 0) is 0 Å². The van der Waals surface area contributed by atoms with Crippen molar-refractivity contribution in [2.24, 2.45) is 5.18 Å². The highest BCUT2D eigenvalue weighted by Crippen LogP contribution is 2.27. The summed E-state index contributed by atoms with van der Waals surface area (Å²) in [6.07, 6.45) is 1.23. The number of hydrogen-bond acceptors (Lipinski definition) is 5. The number of methoxy groups -OCH3 is 1. The molecule has 1 aromatic rings. The largest absolute Gasteiger partial charge is 0.503 e. The molecular formula is C7H6N2O4. The maximum absolute atomic E-state index is 10.7. The Balaban J connectivity index is 3.22. The van der Waals surface area contributed by atoms with Crippen molar-refractivity contribution >= 4 is 5.91 Å². The summed E-state index contributed by atoms with van der Waals surface area (Å²) in [5.74, 6) is -1.53. The molecule has 1 amide bonds. The molecule has 6 heteroatoms. The van der Waals surface area contributed by atoms with E-state index in [1.165, 1.54) is 19.4 Å². The third kappa shape index (κ3) is 1.61. The molecule has 0 unspecified atom stereocenters. The first-order valence-electron chi connectivity index (χ1n) is 3.30. The van der Waals surface area contributed by atoms with Gasteiger partial charge in [0, 0.05) is 17.4 Å². The third-order valence-electron chi connectivity index (χ3n) is 1.39. The second kappa shape index (κ2) is 3.61. The number of carbonyl (C=O) groups excluding carboxylic acids is 1. The summed E-state index contributed by atoms with van der Waals surface area (Å²) in [6, 6.07) is 1.36. The van der Waals surface area contributed by atoms with Gasteiger partial charge in [0.2, 0.25) is 0 Å². The van der Waals surface area contributed by atoms with Crippen molar-refractivity contribution in [3.8, 4) is 11.5 Å². The van der Waals surface area contributed by atoms with Gasteiger partial charge in [-0.25, -0.2) is 4.98 Å². The lowest BCUT2D eigenvalue weighted by molar-refractivity contribution is 0.0992. The van der Waals surface area contributed by atoms with E-state index >= 15 is 0 Å². The first kappa shape index (κ1) is 9.11. The zero-order valence-electron chi connectivity index (χ0n) is 6.72. The van der Waals surface area contributed by atoms with E-state index in [0.29, 0.717) is 0 Å². The van der Waals surface area contributed by atoms with E-state index in [1.807, 2.05) is 0 Å². The first-order chi connectivity index (χ1) is 6.20. The molecule has 0 aliphatic rings. The zero-order valence-corrected chi connectivity index (χ0v) is 6.72. The number of amides is 1. The number of ether oxygens (including phenoxy) is 1. The number of aromatic nitrogens is 1. The Labute approximate surface area is 73.1 Å². The number of nitrogens with zero attached hydrogens (tertiary/aromatic N) is 2. The molecule has 0 bridgehead atoms. The number of rotatable bonds is 2. The van der Waals surface area contributed by atoms with Gasteiger partial charge in [0.05, 0.1) is 7.11 Å². The Hall–Kier alpha value is -1.98. The summed E-state index contributed by atoms with van der Waals surface area (Å²) in [5, 5.41) is 11.4. The van der Waals surface area contributed by atoms with Crippen LogP contribution in [0, 0.1) is 4.91 Å². The van der Waals surface area contributed by atoms with E-state index in [2.05, 4.69) is 10.2 Å². The van der Waals surface area contributed by atoms with Crippen LogP contribution in [0.2, 0.25) is 0 Å². The molecule has 0 radical (unpaired) electrons. The van der Waals surface area contributed by atoms with Gasteiger partial charge in [0.15, 0.2) is 17.2 Å². The van der Waals surface area contributed by atoms with Crippen LogP contribution in [0.4, 0.5) is 0 Å². The fourth-order valence-corrected chi connectivity index (χ4v) is 0.801. The lowest BCUT2D eigenvalue weighted by Gasteiger charge is -2.03. The van der Waals surface area contributed by atoms with Crippen molar-refractivity contribution < 1.29 is 14.6 Å². The van der Waals surface area contributed by atoms with Crippen LogP contribution >= 0.6 is 0 Å². The molecule has 1 N–H and O–H groups in total. The Morgan fingerprint density at radius 3 is 2.92 bits per heavy atom. The second-order valence-corrected chi connectivity index (χ2v) is 2.11. The molecule has 0 aliphatic heterocycles. The number of aromatic hydroxyl groups is 1. The fourth-order valence-electron chi connectivity index (χ4n) is 0.801. The van der Waals surface area contributed by atoms with E-state index in [4.69, 9.17) is 4.74 Å². The fraction of sp³-hybridized carbons (Fsp3) is 0.143. The third-order valence-corrected chi connectivity index (χ3v) is 1.39. The molecule has 0 atom stereocenters. The van der Waals surface area contributed by atoms with Gasteiger partial charge in [-0.15, -0.1) is 4.91 Å². The topological polar surface area (TPSA) is 88.9 Å². The Bertz CT molecular complexity index is 350. The lowest BCUT2D eigenvalue weighted by Crippen LogP contribution is -1.99. The normalized spacial score (nSPS) is 9.31. The maximum Gasteiger partial charge on any atom is 0.338 e. The van der Waals surface area contributed by atoms with Gasteiger partial charge in [0.1, 0.15) is 0 Å². The minimum atomic E-state index is -1.13. The van der Waals surface area contributed by atoms with E-state index in [1.54, 1.807) is 0 Å². The van der Waals surface area contributed by atoms with Gasteiger partial charge >= 0.3 is 5.91 Å². The monoisotopic (exact) mass is 182 g/mol. The number of carbonyl (C=O) groups is 1. The van der Waals surface area contributed by atoms with Crippen molar-refractivity contribution in [2.45, 2.75) is 0 Å². The van der Waals surface area contributed by atoms with Gasteiger partial charge in [-0.1, -0.05) is 0 Å². The van der Waals surface area contributed by atoms with Crippen molar-refractivity contribution in [1.82, 2.24) is 4.98 Å². The molecule has 0 spiro atoms. The van der Waals surface area contributed by atoms with Crippen LogP contribution in [-0.2, 0) is 0 Å². The maximum atomic E-state index is 10.7. The summed E-state index contributed by atoms with van der Waals surface area (Å²) in [7, 11) is 1.32. The highest BCUT2D eigenvalue weighted by molar-refractivity contribution is 5.96. The Kier molecular flexibility index (Phi) is 2.53. The van der Waals surface area contributed by atoms with Crippen molar-refractivity contribution in [3.05, 3.63) is 22.9 Å². The second-order valence-electron chi connectivity index (χ2n) is 2.11. The minimum absolute atomic E-state index is 0.0713. The summed E-state index contributed by atoms with van der Waals surface area (Å²) in [4.78, 5) is 24.1. The van der Waals surface area contributed by atoms with E-state index in [9.17, 15) is 14.8 Å². The van der Waals surface area contributed by atoms with Crippen LogP contribution in [-0.4, -0.2) is 23.1 Å². The zero-order chi connectivity index (χ0) is 9.84. The van der Waals surface area contributed by atoms with Gasteiger partial charge in [-0.2, -0.15) is 0 Å². The van der Waals surface area contributed by atoms with Crippen molar-refractivity contribution in [1.29, 1.82) is 0 Å². The first-order valence-corrected chi connectivity index (χ1v) is 3.30. The minimum Gasteiger partial charge on any atom is -0.503 e. The molecule has 1 aromatic heterocycles. The lowest BCUT2D eigenvalue weighted by atomic mass is 10.3. The average molecular weight is 182 g/mol. The molecule has 6 nitrogen and oxygen atoms in total. The van der Waals surface area contributed by atoms with Crippen LogP contribution in [0.25, 0.3) is 0 Å². The SMILES string of the molecule is COc1ccnc(C(=O)N=O)c1O. The smallest absolute Gasteiger partial charge is 0.338 e. The predicted molar refractivity (Wildman–Crippen MR) is 42.6 cm³/mol. The highest BCUT2D eigenvalue weighted by Gasteiger charge is 2.16. The summed E-state index contributed by atoms with van der Waals surface area (Å²) in [5.41, 5.74) is -0.408. The van der Waals surface area contributed by atoms with Crippen molar-refractivity contribution in [2.75, 3.05) is 7.11 Å². The average Bonchev–Trinajstić information content (AvgIpc) is 2.17. The standard InChI is InChI=1S/C7H6N2O4/c1-13-4-2-3-8-5(6(4)10)7(11)9-12/h2-3,10H,1H3. The Morgan fingerprint density at radius 2 is 2.38 bits per heavy atom. The molecule has 13 heavy (non-hydrogen) atoms. The molecule has 0 aliphatic carbocycles. The van der Waals surface area contributed by atoms with E-state index < -0.39 is 17.4 Å². The molecule has 0 saturated carbocycles. The number of pyridine rings is 1. The molecule has 1 heterocycles. The number of nitroso groups, excluding NO2 is 1. The molecular weight excluding hydrogens is 176 g/mol. The Morgan fingerprint density at radius 1 is 1.69 bits per heavy atom. The molecule has 0 aromatic carbocycles. The molecule has 68 valence electrons. The van der Waals surface area contributed by atoms with Crippen molar-refractivity contribution in [3.63, 3.8) is 0 Å². The quantitative estimate of drug-likeness (QED) is 0.680. The molecule has 1 rings (SSSR count). The van der Waals surface area contributed by atoms with Crippen LogP contribution < -0.4 is 4.74 Å². The van der Waals surface area contributed by atoms with Gasteiger partial charge in [0.25, 0.3) is 0 Å². The van der Waals surface area contributed by atoms with Crippen LogP contribution in [0.3, 0.4) is 0 Å². The summed E-state index contributed by atoms with van der Waals surface area (Å²) >= 11 is 0. The summed E-state index contributed by atoms with van der Waals surface area (Å²) in [6.45, 7) is 0. The van der Waals surface area contributed by atoms with Gasteiger partial charge < -0.3 is 9.84 Å². The van der Waals surface area contributed by atoms with E-state index in [0.717, 1.165) is 0 Å². The van der Waals surface area contributed by atoms with Crippen LogP contribution in [0.1, 0.15) is 10.5 Å². The molecule has 0 saturated heterocycles. The number of hydrogen-bond donors (Lipinski definition) is 1. The molecule has 0 fully saturated rings. The van der Waals surface area contributed by atoms with Gasteiger partial charge in [-0.3, -0.25) is 4.79 Å². The predicted octanol–water partition coefficient (Wildman–Crippen LogP) is 0.702.